The van der Waals surface area contributed by atoms with Gasteiger partial charge in [0.1, 0.15) is 5.75 Å². The molecular weight excluding hydrogens is 341 g/mol. The van der Waals surface area contributed by atoms with Crippen LogP contribution in [-0.4, -0.2) is 11.0 Å². The maximum Gasteiger partial charge on any atom is 1.00 e. The van der Waals surface area contributed by atoms with E-state index in [1.807, 2.05) is 0 Å². The van der Waals surface area contributed by atoms with Crippen LogP contribution in [0.5, 0.6) is 5.75 Å². The molecule has 0 unspecified atom stereocenters. The Bertz CT molecular complexity index is 342. The summed E-state index contributed by atoms with van der Waals surface area (Å²) in [6.45, 7) is 0. The number of carbonyl (C=O) groups is 1. The van der Waals surface area contributed by atoms with Crippen molar-refractivity contribution in [2.75, 3.05) is 0 Å². The number of amides is 1. The summed E-state index contributed by atoms with van der Waals surface area (Å²) in [4.78, 5) is 10.4. The minimum Gasteiger partial charge on any atom is -0.978 e. The third kappa shape index (κ3) is 7.68. The van der Waals surface area contributed by atoms with E-state index in [9.17, 15) is 15.1 Å². The number of phenolic OH excluding ortho intramolecular Hbond substituents is 1. The predicted molar refractivity (Wildman–Crippen MR) is 48.9 cm³/mol. The topological polar surface area (TPSA) is 74.5 Å². The van der Waals surface area contributed by atoms with Gasteiger partial charge in [0.2, 0.25) is 0 Å². The van der Waals surface area contributed by atoms with Crippen molar-refractivity contribution in [1.29, 1.82) is 0 Å². The van der Waals surface area contributed by atoms with Gasteiger partial charge < -0.3 is 20.6 Å². The van der Waals surface area contributed by atoms with E-state index in [0.29, 0.717) is 5.56 Å². The number of phenols is 1. The molecule has 0 saturated carbocycles. The van der Waals surface area contributed by atoms with Gasteiger partial charge in [-0.1, -0.05) is 18.2 Å². The van der Waals surface area contributed by atoms with Crippen LogP contribution in [0, 0.1) is 5.21 Å². The molecule has 1 N–H and O–H groups in total. The van der Waals surface area contributed by atoms with Gasteiger partial charge in [0.05, 0.1) is 5.91 Å². The van der Waals surface area contributed by atoms with E-state index in [0.717, 1.165) is 6.08 Å². The Labute approximate surface area is 186 Å². The fourth-order valence-corrected chi connectivity index (χ4v) is 0.820. The van der Waals surface area contributed by atoms with Crippen LogP contribution in [0.4, 0.5) is 0 Å². The Morgan fingerprint density at radius 1 is 1.33 bits per heavy atom. The number of hydrogen-bond donors (Lipinski definition) is 1. The molecule has 1 amide bonds. The summed E-state index contributed by atoms with van der Waals surface area (Å²) in [5.74, 6) is -0.819. The molecule has 0 saturated heterocycles. The molecule has 0 radical (unpaired) electrons. The molecule has 0 atom stereocenters. The van der Waals surface area contributed by atoms with Gasteiger partial charge in [-0.3, -0.25) is 0 Å². The van der Waals surface area contributed by atoms with Gasteiger partial charge in [-0.2, -0.15) is 0 Å². The van der Waals surface area contributed by atoms with Crippen molar-refractivity contribution in [2.24, 2.45) is 0 Å². The van der Waals surface area contributed by atoms with E-state index in [2.05, 4.69) is 5.48 Å². The van der Waals surface area contributed by atoms with Crippen LogP contribution in [0.2, 0.25) is 0 Å². The third-order valence-electron chi connectivity index (χ3n) is 1.43. The Hall–Kier alpha value is 1.80. The summed E-state index contributed by atoms with van der Waals surface area (Å²) < 4.78 is 0. The second kappa shape index (κ2) is 10.9. The van der Waals surface area contributed by atoms with E-state index in [1.54, 1.807) is 18.2 Å². The Balaban J connectivity index is 0. The van der Waals surface area contributed by atoms with E-state index in [4.69, 9.17) is 0 Å². The number of aromatic hydroxyl groups is 1. The largest absolute Gasteiger partial charge is 1.00 e. The third-order valence-corrected chi connectivity index (χ3v) is 1.43. The van der Waals surface area contributed by atoms with Crippen LogP contribution < -0.4 is 116 Å². The Morgan fingerprint density at radius 2 is 1.93 bits per heavy atom. The molecule has 1 rings (SSSR count). The molecule has 68 valence electrons. The van der Waals surface area contributed by atoms with Crippen molar-refractivity contribution >= 4 is 12.0 Å². The first kappa shape index (κ1) is 19.1. The molecule has 0 heterocycles. The molecule has 0 aromatic heterocycles. The molecule has 1 aromatic rings. The average molecular weight is 348 g/mol. The van der Waals surface area contributed by atoms with Crippen LogP contribution in [0.25, 0.3) is 11.6 Å². The minimum absolute atomic E-state index is 0. The zero-order valence-electron chi connectivity index (χ0n) is 8.68. The molecule has 0 aliphatic heterocycles. The van der Waals surface area contributed by atoms with Crippen molar-refractivity contribution in [3.63, 3.8) is 0 Å². The number of benzene rings is 1. The first-order valence-corrected chi connectivity index (χ1v) is 3.57. The summed E-state index contributed by atoms with van der Waals surface area (Å²) in [6.07, 6.45) is 2.33. The van der Waals surface area contributed by atoms with Gasteiger partial charge in [-0.15, -0.1) is 0 Å². The number of carbonyl (C=O) groups excluding carboxylic acids is 1. The van der Waals surface area contributed by atoms with Gasteiger partial charge in [-0.05, 0) is 18.2 Å². The number of rotatable bonds is 2. The van der Waals surface area contributed by atoms with Gasteiger partial charge in [0, 0.05) is 5.56 Å². The van der Waals surface area contributed by atoms with Gasteiger partial charge in [0.15, 0.2) is 0 Å². The molecule has 0 aliphatic carbocycles. The smallest absolute Gasteiger partial charge is 0.978 e. The summed E-state index contributed by atoms with van der Waals surface area (Å²) >= 11 is 0. The molecule has 0 bridgehead atoms. The van der Waals surface area contributed by atoms with Crippen molar-refractivity contribution in [2.45, 2.75) is 0 Å². The predicted octanol–water partition coefficient (Wildman–Crippen LogP) is -4.19. The van der Waals surface area contributed by atoms with Crippen LogP contribution in [0.3, 0.4) is 0 Å². The van der Waals surface area contributed by atoms with Crippen molar-refractivity contribution < 1.29 is 126 Å². The second-order valence-corrected chi connectivity index (χ2v) is 2.32. The molecule has 0 fully saturated rings. The summed E-state index contributed by atoms with van der Waals surface area (Å²) in [5.41, 5.74) is 2.65. The normalized spacial score (nSPS) is 8.87. The molecule has 6 heteroatoms. The van der Waals surface area contributed by atoms with Crippen molar-refractivity contribution in [1.82, 2.24) is 0 Å². The van der Waals surface area contributed by atoms with Crippen LogP contribution in [0.1, 0.15) is 5.56 Å². The van der Waals surface area contributed by atoms with Crippen molar-refractivity contribution in [3.8, 4) is 5.75 Å². The maximum absolute atomic E-state index is 10.4. The average Bonchev–Trinajstić information content (AvgIpc) is 2.16. The summed E-state index contributed by atoms with van der Waals surface area (Å²) in [5, 5.41) is 18.9. The zero-order valence-corrected chi connectivity index (χ0v) is 18.5. The van der Waals surface area contributed by atoms with Crippen molar-refractivity contribution in [3.05, 3.63) is 46.6 Å². The number of nitrogens with zero attached hydrogens (tertiary/aromatic N) is 1. The molecule has 4 nitrogen and oxygen atoms in total. The monoisotopic (exact) mass is 347 g/mol. The van der Waals surface area contributed by atoms with Gasteiger partial charge in [-0.25, -0.2) is 0 Å². The van der Waals surface area contributed by atoms with Gasteiger partial charge >= 0.3 is 116 Å². The fraction of sp³-hybridized carbons (Fsp3) is 0. The quantitative estimate of drug-likeness (QED) is 0.435. The second-order valence-electron chi connectivity index (χ2n) is 2.32. The van der Waals surface area contributed by atoms with Crippen LogP contribution in [-0.2, 0) is 4.79 Å². The van der Waals surface area contributed by atoms with E-state index in [-0.39, 0.29) is 122 Å². The number of hydrogen-bond acceptors (Lipinski definition) is 3. The first-order chi connectivity index (χ1) is 6.24. The standard InChI is InChI=1S/C9H7NO3.2Rb/c11-8-4-2-1-3-7(8)5-6-9(12)10-13;;/h1-6H,(H-2,10,11,12,13);;/q-2;2*+1. The van der Waals surface area contributed by atoms with E-state index >= 15 is 0 Å². The Morgan fingerprint density at radius 3 is 2.47 bits per heavy atom. The van der Waals surface area contributed by atoms with E-state index in [1.165, 1.54) is 12.1 Å². The zero-order chi connectivity index (χ0) is 9.68. The number of para-hydroxylation sites is 1. The minimum atomic E-state index is -0.872. The van der Waals surface area contributed by atoms with Crippen LogP contribution >= 0.6 is 0 Å². The summed E-state index contributed by atoms with van der Waals surface area (Å²) in [7, 11) is 0. The Kier molecular flexibility index (Phi) is 13.9. The molecule has 0 spiro atoms. The molecular formula is C9H7NO3Rb2. The molecule has 15 heavy (non-hydrogen) atoms. The first-order valence-electron chi connectivity index (χ1n) is 3.57. The fourth-order valence-electron chi connectivity index (χ4n) is 0.820. The summed E-state index contributed by atoms with van der Waals surface area (Å²) in [6, 6.07) is 6.47. The SMILES string of the molecule is O=C(/C=C/c1ccccc1O)[N-][O-].[Rb+].[Rb+]. The van der Waals surface area contributed by atoms with Crippen LogP contribution in [0.15, 0.2) is 30.3 Å². The maximum atomic E-state index is 10.4. The number of hydroxylamine groups is 1. The van der Waals surface area contributed by atoms with Gasteiger partial charge in [0.25, 0.3) is 0 Å². The van der Waals surface area contributed by atoms with E-state index < -0.39 is 5.91 Å². The molecule has 0 aliphatic rings. The molecule has 1 aromatic carbocycles.